The molecule has 2 aromatic rings. The van der Waals surface area contributed by atoms with Crippen molar-refractivity contribution in [2.24, 2.45) is 0 Å². The van der Waals surface area contributed by atoms with Crippen molar-refractivity contribution in [1.82, 2.24) is 15.0 Å². The molecule has 0 saturated carbocycles. The second-order valence-electron chi connectivity index (χ2n) is 5.09. The summed E-state index contributed by atoms with van der Waals surface area (Å²) in [5, 5.41) is 3.99. The van der Waals surface area contributed by atoms with Crippen LogP contribution in [0, 0.1) is 0 Å². The van der Waals surface area contributed by atoms with Crippen LogP contribution in [0.1, 0.15) is 18.6 Å². The van der Waals surface area contributed by atoms with Gasteiger partial charge in [-0.3, -0.25) is 9.78 Å². The quantitative estimate of drug-likeness (QED) is 0.858. The molecule has 0 radical (unpaired) electrons. The van der Waals surface area contributed by atoms with E-state index in [0.717, 1.165) is 18.5 Å². The zero-order chi connectivity index (χ0) is 14.7. The van der Waals surface area contributed by atoms with E-state index in [1.54, 1.807) is 18.1 Å². The third-order valence-electron chi connectivity index (χ3n) is 3.46. The first-order valence-corrected chi connectivity index (χ1v) is 6.97. The standard InChI is InChI=1S/C15H17N3O3/c1-18(15(19)14-6-4-8-20-14)10-11-9-13(17-21-11)12-5-2-3-7-16-12/h2-3,5,7,9,14H,4,6,8,10H2,1H3. The molecule has 0 bridgehead atoms. The van der Waals surface area contributed by atoms with E-state index < -0.39 is 0 Å². The lowest BCUT2D eigenvalue weighted by atomic mass is 10.2. The fourth-order valence-electron chi connectivity index (χ4n) is 2.35. The molecule has 0 spiro atoms. The van der Waals surface area contributed by atoms with Gasteiger partial charge in [-0.15, -0.1) is 0 Å². The second kappa shape index (κ2) is 6.05. The van der Waals surface area contributed by atoms with Crippen molar-refractivity contribution in [3.63, 3.8) is 0 Å². The first kappa shape index (κ1) is 13.8. The summed E-state index contributed by atoms with van der Waals surface area (Å²) in [6.07, 6.45) is 3.12. The van der Waals surface area contributed by atoms with Gasteiger partial charge in [0.2, 0.25) is 0 Å². The van der Waals surface area contributed by atoms with Gasteiger partial charge in [-0.05, 0) is 25.0 Å². The van der Waals surface area contributed by atoms with Gasteiger partial charge >= 0.3 is 0 Å². The van der Waals surface area contributed by atoms with E-state index in [2.05, 4.69) is 10.1 Å². The number of carbonyl (C=O) groups excluding carboxylic acids is 1. The number of ether oxygens (including phenoxy) is 1. The zero-order valence-electron chi connectivity index (χ0n) is 11.9. The number of carbonyl (C=O) groups is 1. The first-order valence-electron chi connectivity index (χ1n) is 6.97. The maximum atomic E-state index is 12.2. The lowest BCUT2D eigenvalue weighted by Crippen LogP contribution is -2.35. The van der Waals surface area contributed by atoms with E-state index in [9.17, 15) is 4.79 Å². The van der Waals surface area contributed by atoms with Crippen LogP contribution in [0.2, 0.25) is 0 Å². The molecular weight excluding hydrogens is 270 g/mol. The molecule has 1 unspecified atom stereocenters. The largest absolute Gasteiger partial charge is 0.368 e. The summed E-state index contributed by atoms with van der Waals surface area (Å²) < 4.78 is 10.7. The molecule has 0 aromatic carbocycles. The Morgan fingerprint density at radius 1 is 1.43 bits per heavy atom. The van der Waals surface area contributed by atoms with Gasteiger partial charge in [0.1, 0.15) is 11.8 Å². The third-order valence-corrected chi connectivity index (χ3v) is 3.46. The first-order chi connectivity index (χ1) is 10.2. The Morgan fingerprint density at radius 2 is 2.33 bits per heavy atom. The minimum Gasteiger partial charge on any atom is -0.368 e. The van der Waals surface area contributed by atoms with Crippen molar-refractivity contribution in [2.75, 3.05) is 13.7 Å². The molecule has 21 heavy (non-hydrogen) atoms. The molecule has 110 valence electrons. The highest BCUT2D eigenvalue weighted by Gasteiger charge is 2.27. The summed E-state index contributed by atoms with van der Waals surface area (Å²) in [6.45, 7) is 1.04. The molecular formula is C15H17N3O3. The number of amides is 1. The van der Waals surface area contributed by atoms with Crippen LogP contribution in [0.4, 0.5) is 0 Å². The number of likely N-dealkylation sites (N-methyl/N-ethyl adjacent to an activating group) is 1. The number of hydrogen-bond acceptors (Lipinski definition) is 5. The highest BCUT2D eigenvalue weighted by Crippen LogP contribution is 2.19. The molecule has 1 saturated heterocycles. The molecule has 1 aliphatic rings. The Labute approximate surface area is 122 Å². The van der Waals surface area contributed by atoms with Gasteiger partial charge in [0.05, 0.1) is 12.2 Å². The van der Waals surface area contributed by atoms with Crippen LogP contribution in [-0.2, 0) is 16.1 Å². The average molecular weight is 287 g/mol. The molecule has 0 aliphatic carbocycles. The van der Waals surface area contributed by atoms with E-state index in [0.29, 0.717) is 24.6 Å². The molecule has 3 rings (SSSR count). The van der Waals surface area contributed by atoms with Crippen molar-refractivity contribution in [3.8, 4) is 11.4 Å². The number of aromatic nitrogens is 2. The monoisotopic (exact) mass is 287 g/mol. The molecule has 3 heterocycles. The van der Waals surface area contributed by atoms with Crippen molar-refractivity contribution < 1.29 is 14.1 Å². The molecule has 1 amide bonds. The molecule has 1 fully saturated rings. The Bertz CT molecular complexity index is 606. The predicted octanol–water partition coefficient (Wildman–Crippen LogP) is 1.87. The summed E-state index contributed by atoms with van der Waals surface area (Å²) >= 11 is 0. The van der Waals surface area contributed by atoms with Crippen LogP contribution < -0.4 is 0 Å². The van der Waals surface area contributed by atoms with Gasteiger partial charge in [-0.1, -0.05) is 11.2 Å². The van der Waals surface area contributed by atoms with Crippen LogP contribution in [0.5, 0.6) is 0 Å². The minimum absolute atomic E-state index is 0.0108. The number of nitrogens with zero attached hydrogens (tertiary/aromatic N) is 3. The normalized spacial score (nSPS) is 17.9. The van der Waals surface area contributed by atoms with Crippen molar-refractivity contribution in [2.45, 2.75) is 25.5 Å². The van der Waals surface area contributed by atoms with Crippen LogP contribution in [-0.4, -0.2) is 40.7 Å². The van der Waals surface area contributed by atoms with Gasteiger partial charge in [-0.2, -0.15) is 0 Å². The van der Waals surface area contributed by atoms with Gasteiger partial charge in [-0.25, -0.2) is 0 Å². The highest BCUT2D eigenvalue weighted by atomic mass is 16.5. The molecule has 2 aromatic heterocycles. The number of rotatable bonds is 4. The van der Waals surface area contributed by atoms with Gasteiger partial charge < -0.3 is 14.2 Å². The molecule has 1 atom stereocenters. The maximum Gasteiger partial charge on any atom is 0.251 e. The Morgan fingerprint density at radius 3 is 3.05 bits per heavy atom. The lowest BCUT2D eigenvalue weighted by molar-refractivity contribution is -0.140. The maximum absolute atomic E-state index is 12.2. The van der Waals surface area contributed by atoms with Crippen LogP contribution in [0.3, 0.4) is 0 Å². The molecule has 6 heteroatoms. The molecule has 1 aliphatic heterocycles. The van der Waals surface area contributed by atoms with Crippen molar-refractivity contribution >= 4 is 5.91 Å². The zero-order valence-corrected chi connectivity index (χ0v) is 11.9. The lowest BCUT2D eigenvalue weighted by Gasteiger charge is -2.18. The van der Waals surface area contributed by atoms with Crippen LogP contribution in [0.25, 0.3) is 11.4 Å². The second-order valence-corrected chi connectivity index (χ2v) is 5.09. The van der Waals surface area contributed by atoms with Gasteiger partial charge in [0.15, 0.2) is 5.76 Å². The molecule has 6 nitrogen and oxygen atoms in total. The van der Waals surface area contributed by atoms with E-state index >= 15 is 0 Å². The predicted molar refractivity (Wildman–Crippen MR) is 75.2 cm³/mol. The highest BCUT2D eigenvalue weighted by molar-refractivity contribution is 5.80. The van der Waals surface area contributed by atoms with E-state index in [-0.39, 0.29) is 12.0 Å². The Hall–Kier alpha value is -2.21. The van der Waals surface area contributed by atoms with Crippen LogP contribution >= 0.6 is 0 Å². The summed E-state index contributed by atoms with van der Waals surface area (Å²) in [4.78, 5) is 18.0. The summed E-state index contributed by atoms with van der Waals surface area (Å²) in [5.74, 6) is 0.618. The average Bonchev–Trinajstić information content (AvgIpc) is 3.19. The SMILES string of the molecule is CN(Cc1cc(-c2ccccn2)no1)C(=O)C1CCCO1. The molecule has 0 N–H and O–H groups in total. The summed E-state index contributed by atoms with van der Waals surface area (Å²) in [7, 11) is 1.74. The van der Waals surface area contributed by atoms with Crippen molar-refractivity contribution in [3.05, 3.63) is 36.2 Å². The topological polar surface area (TPSA) is 68.5 Å². The fourth-order valence-corrected chi connectivity index (χ4v) is 2.35. The van der Waals surface area contributed by atoms with E-state index in [4.69, 9.17) is 9.26 Å². The van der Waals surface area contributed by atoms with E-state index in [1.165, 1.54) is 0 Å². The number of hydrogen-bond donors (Lipinski definition) is 0. The Balaban J connectivity index is 1.65. The summed E-state index contributed by atoms with van der Waals surface area (Å²) in [6, 6.07) is 7.41. The van der Waals surface area contributed by atoms with Gasteiger partial charge in [0.25, 0.3) is 5.91 Å². The third kappa shape index (κ3) is 3.11. The van der Waals surface area contributed by atoms with Crippen molar-refractivity contribution in [1.29, 1.82) is 0 Å². The van der Waals surface area contributed by atoms with Crippen LogP contribution in [0.15, 0.2) is 35.0 Å². The van der Waals surface area contributed by atoms with Gasteiger partial charge in [0, 0.05) is 25.9 Å². The number of pyridine rings is 1. The fraction of sp³-hybridized carbons (Fsp3) is 0.400. The minimum atomic E-state index is -0.312. The Kier molecular flexibility index (Phi) is 3.96. The summed E-state index contributed by atoms with van der Waals surface area (Å²) in [5.41, 5.74) is 1.42. The smallest absolute Gasteiger partial charge is 0.251 e. The van der Waals surface area contributed by atoms with E-state index in [1.807, 2.05) is 24.3 Å².